The Bertz CT molecular complexity index is 766. The molecule has 1 heterocycles. The maximum atomic E-state index is 12.2. The number of carbonyl (C=O) groups is 2. The highest BCUT2D eigenvalue weighted by Gasteiger charge is 2.33. The second kappa shape index (κ2) is 8.17. The Balaban J connectivity index is 1.44. The van der Waals surface area contributed by atoms with Crippen molar-refractivity contribution in [1.29, 1.82) is 0 Å². The van der Waals surface area contributed by atoms with Crippen LogP contribution < -0.4 is 5.32 Å². The van der Waals surface area contributed by atoms with Gasteiger partial charge in [-0.25, -0.2) is 0 Å². The van der Waals surface area contributed by atoms with E-state index < -0.39 is 5.97 Å². The molecule has 1 saturated carbocycles. The van der Waals surface area contributed by atoms with Crippen molar-refractivity contribution in [3.63, 3.8) is 0 Å². The van der Waals surface area contributed by atoms with Crippen LogP contribution in [0.2, 0.25) is 0 Å². The van der Waals surface area contributed by atoms with Gasteiger partial charge in [0.05, 0.1) is 24.7 Å². The molecule has 1 N–H and O–H groups in total. The van der Waals surface area contributed by atoms with E-state index in [2.05, 4.69) is 10.4 Å². The second-order valence-corrected chi connectivity index (χ2v) is 6.85. The number of hydrogen-bond acceptors (Lipinski definition) is 4. The van der Waals surface area contributed by atoms with Crippen molar-refractivity contribution >= 4 is 11.9 Å². The highest BCUT2D eigenvalue weighted by Crippen LogP contribution is 2.40. The van der Waals surface area contributed by atoms with Crippen molar-refractivity contribution in [2.45, 2.75) is 45.7 Å². The Morgan fingerprint density at radius 2 is 2.00 bits per heavy atom. The molecule has 0 bridgehead atoms. The molecular weight excluding hydrogens is 330 g/mol. The minimum absolute atomic E-state index is 0.00268. The van der Waals surface area contributed by atoms with Crippen LogP contribution >= 0.6 is 0 Å². The van der Waals surface area contributed by atoms with Crippen molar-refractivity contribution in [3.8, 4) is 0 Å². The van der Waals surface area contributed by atoms with E-state index in [1.165, 1.54) is 0 Å². The lowest BCUT2D eigenvalue weighted by Gasteiger charge is -2.18. The maximum Gasteiger partial charge on any atom is 0.308 e. The average molecular weight is 355 g/mol. The molecule has 6 heteroatoms. The Morgan fingerprint density at radius 3 is 2.62 bits per heavy atom. The molecule has 2 aromatic rings. The third kappa shape index (κ3) is 4.94. The fourth-order valence-electron chi connectivity index (χ4n) is 3.10. The van der Waals surface area contributed by atoms with Crippen LogP contribution in [-0.2, 0) is 20.9 Å². The largest absolute Gasteiger partial charge is 0.456 e. The summed E-state index contributed by atoms with van der Waals surface area (Å²) in [6.07, 6.45) is 2.42. The summed E-state index contributed by atoms with van der Waals surface area (Å²) in [5.74, 6) is -0.177. The summed E-state index contributed by atoms with van der Waals surface area (Å²) in [6.45, 7) is 4.07. The van der Waals surface area contributed by atoms with Gasteiger partial charge in [0.1, 0.15) is 0 Å². The maximum absolute atomic E-state index is 12.2. The van der Waals surface area contributed by atoms with Gasteiger partial charge in [0.2, 0.25) is 0 Å². The van der Waals surface area contributed by atoms with Crippen molar-refractivity contribution in [2.24, 2.45) is 5.92 Å². The number of amides is 1. The molecular formula is C20H25N3O3. The minimum Gasteiger partial charge on any atom is -0.456 e. The molecule has 1 aromatic carbocycles. The Hall–Kier alpha value is -2.63. The highest BCUT2D eigenvalue weighted by atomic mass is 16.5. The van der Waals surface area contributed by atoms with Crippen molar-refractivity contribution in [2.75, 3.05) is 6.61 Å². The third-order valence-corrected chi connectivity index (χ3v) is 4.56. The molecule has 3 rings (SSSR count). The molecule has 1 aliphatic rings. The van der Waals surface area contributed by atoms with Crippen molar-refractivity contribution in [1.82, 2.24) is 15.1 Å². The van der Waals surface area contributed by atoms with Crippen LogP contribution in [0.5, 0.6) is 0 Å². The van der Waals surface area contributed by atoms with E-state index in [1.807, 2.05) is 50.2 Å². The first-order chi connectivity index (χ1) is 12.5. The van der Waals surface area contributed by atoms with Crippen LogP contribution in [-0.4, -0.2) is 28.3 Å². The summed E-state index contributed by atoms with van der Waals surface area (Å²) in [7, 11) is 0. The first-order valence-corrected chi connectivity index (χ1v) is 9.04. The molecule has 0 spiro atoms. The van der Waals surface area contributed by atoms with E-state index in [-0.39, 0.29) is 25.0 Å². The summed E-state index contributed by atoms with van der Waals surface area (Å²) in [5.41, 5.74) is 3.02. The molecule has 0 aliphatic heterocycles. The third-order valence-electron chi connectivity index (χ3n) is 4.56. The number of aryl methyl sites for hydroxylation is 3. The fraction of sp³-hybridized carbons (Fsp3) is 0.450. The molecule has 1 fully saturated rings. The summed E-state index contributed by atoms with van der Waals surface area (Å²) in [5, 5.41) is 7.31. The second-order valence-electron chi connectivity index (χ2n) is 6.85. The van der Waals surface area contributed by atoms with Crippen molar-refractivity contribution in [3.05, 3.63) is 53.3 Å². The summed E-state index contributed by atoms with van der Waals surface area (Å²) in [6, 6.07) is 11.9. The average Bonchev–Trinajstić information content (AvgIpc) is 3.41. The number of benzene rings is 1. The predicted molar refractivity (Wildman–Crippen MR) is 97.3 cm³/mol. The minimum atomic E-state index is -0.393. The quantitative estimate of drug-likeness (QED) is 0.739. The van der Waals surface area contributed by atoms with Crippen LogP contribution in [0.25, 0.3) is 0 Å². The SMILES string of the molecule is Cc1cc(C)n(CCC(=O)OCC(=O)NC(c2ccccc2)C2CC2)n1. The van der Waals surface area contributed by atoms with Gasteiger partial charge in [-0.15, -0.1) is 0 Å². The number of hydrogen-bond donors (Lipinski definition) is 1. The molecule has 0 radical (unpaired) electrons. The van der Waals surface area contributed by atoms with Gasteiger partial charge in [0, 0.05) is 5.69 Å². The van der Waals surface area contributed by atoms with Gasteiger partial charge in [0.15, 0.2) is 6.61 Å². The lowest BCUT2D eigenvalue weighted by atomic mass is 10.0. The number of nitrogens with zero attached hydrogens (tertiary/aromatic N) is 2. The lowest BCUT2D eigenvalue weighted by Crippen LogP contribution is -2.33. The van der Waals surface area contributed by atoms with E-state index in [1.54, 1.807) is 4.68 Å². The Morgan fingerprint density at radius 1 is 1.27 bits per heavy atom. The molecule has 26 heavy (non-hydrogen) atoms. The predicted octanol–water partition coefficient (Wildman–Crippen LogP) is 2.70. The van der Waals surface area contributed by atoms with Gasteiger partial charge in [-0.05, 0) is 44.2 Å². The van der Waals surface area contributed by atoms with Gasteiger partial charge in [-0.1, -0.05) is 30.3 Å². The molecule has 6 nitrogen and oxygen atoms in total. The molecule has 0 saturated heterocycles. The fourth-order valence-corrected chi connectivity index (χ4v) is 3.10. The monoisotopic (exact) mass is 355 g/mol. The van der Waals surface area contributed by atoms with E-state index in [0.717, 1.165) is 29.8 Å². The molecule has 1 atom stereocenters. The van der Waals surface area contributed by atoms with Crippen LogP contribution in [0.15, 0.2) is 36.4 Å². The van der Waals surface area contributed by atoms with Crippen molar-refractivity contribution < 1.29 is 14.3 Å². The van der Waals surface area contributed by atoms with Crippen LogP contribution in [0, 0.1) is 19.8 Å². The summed E-state index contributed by atoms with van der Waals surface area (Å²) < 4.78 is 6.89. The summed E-state index contributed by atoms with van der Waals surface area (Å²) in [4.78, 5) is 24.1. The highest BCUT2D eigenvalue weighted by molar-refractivity contribution is 5.80. The molecule has 1 amide bonds. The standard InChI is InChI=1S/C20H25N3O3/c1-14-12-15(2)23(22-14)11-10-19(25)26-13-18(24)21-20(17-8-9-17)16-6-4-3-5-7-16/h3-7,12,17,20H,8-11,13H2,1-2H3,(H,21,24). The first-order valence-electron chi connectivity index (χ1n) is 9.04. The first kappa shape index (κ1) is 18.2. The van der Waals surface area contributed by atoms with Crippen LogP contribution in [0.4, 0.5) is 0 Å². The lowest BCUT2D eigenvalue weighted by molar-refractivity contribution is -0.149. The number of carbonyl (C=O) groups excluding carboxylic acids is 2. The molecule has 1 unspecified atom stereocenters. The van der Waals surface area contributed by atoms with Gasteiger partial charge < -0.3 is 10.1 Å². The number of rotatable bonds is 8. The topological polar surface area (TPSA) is 73.2 Å². The smallest absolute Gasteiger partial charge is 0.308 e. The van der Waals surface area contributed by atoms with Crippen LogP contribution in [0.3, 0.4) is 0 Å². The zero-order chi connectivity index (χ0) is 18.5. The Kier molecular flexibility index (Phi) is 5.71. The molecule has 1 aliphatic carbocycles. The van der Waals surface area contributed by atoms with E-state index in [9.17, 15) is 9.59 Å². The summed E-state index contributed by atoms with van der Waals surface area (Å²) >= 11 is 0. The number of ether oxygens (including phenoxy) is 1. The number of esters is 1. The molecule has 138 valence electrons. The van der Waals surface area contributed by atoms with Crippen LogP contribution in [0.1, 0.15) is 42.3 Å². The zero-order valence-corrected chi connectivity index (χ0v) is 15.3. The zero-order valence-electron chi connectivity index (χ0n) is 15.3. The Labute approximate surface area is 153 Å². The molecule has 1 aromatic heterocycles. The van der Waals surface area contributed by atoms with Gasteiger partial charge in [0.25, 0.3) is 5.91 Å². The normalized spacial score (nSPS) is 14.7. The van der Waals surface area contributed by atoms with E-state index >= 15 is 0 Å². The van der Waals surface area contributed by atoms with E-state index in [0.29, 0.717) is 12.5 Å². The number of aromatic nitrogens is 2. The van der Waals surface area contributed by atoms with Gasteiger partial charge >= 0.3 is 5.97 Å². The van der Waals surface area contributed by atoms with E-state index in [4.69, 9.17) is 4.74 Å². The van der Waals surface area contributed by atoms with Gasteiger partial charge in [-0.3, -0.25) is 14.3 Å². The number of nitrogens with one attached hydrogen (secondary N) is 1. The van der Waals surface area contributed by atoms with Gasteiger partial charge in [-0.2, -0.15) is 5.10 Å².